The lowest BCUT2D eigenvalue weighted by molar-refractivity contribution is -0.274. The Morgan fingerprint density at radius 3 is 2.65 bits per heavy atom. The Hall–Kier alpha value is -1.32. The molecule has 0 spiro atoms. The summed E-state index contributed by atoms with van der Waals surface area (Å²) in [5, 5.41) is 3.20. The van der Waals surface area contributed by atoms with Crippen LogP contribution in [0.5, 0.6) is 5.75 Å². The van der Waals surface area contributed by atoms with Gasteiger partial charge in [0.25, 0.3) is 0 Å². The number of halogens is 3. The van der Waals surface area contributed by atoms with Crippen LogP contribution in [0.2, 0.25) is 0 Å². The zero-order valence-electron chi connectivity index (χ0n) is 12.2. The van der Waals surface area contributed by atoms with E-state index in [1.54, 1.807) is 0 Å². The first-order valence-electron chi connectivity index (χ1n) is 7.37. The van der Waals surface area contributed by atoms with Crippen molar-refractivity contribution in [3.05, 3.63) is 24.3 Å². The number of rotatable bonds is 3. The first-order chi connectivity index (χ1) is 10.8. The van der Waals surface area contributed by atoms with E-state index in [-0.39, 0.29) is 17.0 Å². The zero-order valence-corrected chi connectivity index (χ0v) is 13.0. The van der Waals surface area contributed by atoms with Crippen LogP contribution >= 0.6 is 0 Å². The van der Waals surface area contributed by atoms with E-state index in [9.17, 15) is 21.6 Å². The number of ether oxygens (including phenoxy) is 1. The Bertz CT molecular complexity index is 664. The largest absolute Gasteiger partial charge is 0.573 e. The van der Waals surface area contributed by atoms with Crippen molar-refractivity contribution in [2.45, 2.75) is 42.6 Å². The molecule has 9 heteroatoms. The molecule has 5 nitrogen and oxygen atoms in total. The highest BCUT2D eigenvalue weighted by atomic mass is 32.2. The van der Waals surface area contributed by atoms with Crippen molar-refractivity contribution >= 4 is 10.0 Å². The van der Waals surface area contributed by atoms with Crippen LogP contribution < -0.4 is 10.1 Å². The van der Waals surface area contributed by atoms with Gasteiger partial charge in [-0.2, -0.15) is 4.31 Å². The van der Waals surface area contributed by atoms with E-state index in [1.807, 2.05) is 0 Å². The van der Waals surface area contributed by atoms with Crippen LogP contribution in [-0.2, 0) is 10.0 Å². The maximum absolute atomic E-state index is 12.9. The monoisotopic (exact) mass is 350 g/mol. The van der Waals surface area contributed by atoms with Crippen molar-refractivity contribution in [2.24, 2.45) is 0 Å². The second-order valence-electron chi connectivity index (χ2n) is 5.74. The summed E-state index contributed by atoms with van der Waals surface area (Å²) in [6.07, 6.45) is -2.61. The molecule has 23 heavy (non-hydrogen) atoms. The van der Waals surface area contributed by atoms with Gasteiger partial charge in [-0.05, 0) is 37.9 Å². The van der Waals surface area contributed by atoms with Crippen LogP contribution in [0.25, 0.3) is 0 Å². The van der Waals surface area contributed by atoms with Crippen LogP contribution in [0.3, 0.4) is 0 Å². The summed E-state index contributed by atoms with van der Waals surface area (Å²) in [7, 11) is -3.85. The molecule has 1 aromatic carbocycles. The number of nitrogens with zero attached hydrogens (tertiary/aromatic N) is 1. The van der Waals surface area contributed by atoms with Crippen molar-refractivity contribution < 1.29 is 26.3 Å². The van der Waals surface area contributed by atoms with E-state index in [1.165, 1.54) is 16.4 Å². The molecule has 2 aliphatic heterocycles. The fraction of sp³-hybridized carbons (Fsp3) is 0.571. The number of hydrogen-bond acceptors (Lipinski definition) is 4. The first kappa shape index (κ1) is 16.5. The SMILES string of the molecule is O=S(=O)(c1cccc(OC(F)(F)F)c1)N1C2CCNCC1CC2. The Morgan fingerprint density at radius 1 is 1.17 bits per heavy atom. The topological polar surface area (TPSA) is 58.6 Å². The minimum atomic E-state index is -4.85. The molecular formula is C14H17F3N2O3S. The van der Waals surface area contributed by atoms with Gasteiger partial charge >= 0.3 is 6.36 Å². The highest BCUT2D eigenvalue weighted by Crippen LogP contribution is 2.35. The zero-order chi connectivity index (χ0) is 16.7. The second-order valence-corrected chi connectivity index (χ2v) is 7.58. The first-order valence-corrected chi connectivity index (χ1v) is 8.81. The third-order valence-corrected chi connectivity index (χ3v) is 6.20. The molecule has 0 saturated carbocycles. The number of hydrogen-bond donors (Lipinski definition) is 1. The average molecular weight is 350 g/mol. The molecule has 2 fully saturated rings. The maximum Gasteiger partial charge on any atom is 0.573 e. The average Bonchev–Trinajstić information content (AvgIpc) is 2.71. The van der Waals surface area contributed by atoms with Gasteiger partial charge in [-0.3, -0.25) is 0 Å². The second kappa shape index (κ2) is 5.95. The van der Waals surface area contributed by atoms with Gasteiger partial charge in [0.1, 0.15) is 5.75 Å². The highest BCUT2D eigenvalue weighted by molar-refractivity contribution is 7.89. The molecule has 2 unspecified atom stereocenters. The van der Waals surface area contributed by atoms with Crippen LogP contribution in [0.4, 0.5) is 13.2 Å². The molecule has 2 saturated heterocycles. The van der Waals surface area contributed by atoms with Crippen molar-refractivity contribution in [3.8, 4) is 5.75 Å². The smallest absolute Gasteiger partial charge is 0.406 e. The molecule has 0 aromatic heterocycles. The third-order valence-electron chi connectivity index (χ3n) is 4.20. The molecule has 1 N–H and O–H groups in total. The van der Waals surface area contributed by atoms with E-state index >= 15 is 0 Å². The summed E-state index contributed by atoms with van der Waals surface area (Å²) in [4.78, 5) is -0.168. The lowest BCUT2D eigenvalue weighted by atomic mass is 10.1. The number of sulfonamides is 1. The molecule has 128 valence electrons. The third kappa shape index (κ3) is 3.46. The molecule has 0 amide bonds. The molecule has 0 radical (unpaired) electrons. The van der Waals surface area contributed by atoms with Crippen LogP contribution in [0.1, 0.15) is 19.3 Å². The molecule has 2 heterocycles. The van der Waals surface area contributed by atoms with Crippen LogP contribution in [0, 0.1) is 0 Å². The molecule has 2 aliphatic rings. The summed E-state index contributed by atoms with van der Waals surface area (Å²) >= 11 is 0. The van der Waals surface area contributed by atoms with E-state index < -0.39 is 22.1 Å². The standard InChI is InChI=1S/C14H17F3N2O3S/c15-14(16,17)22-12-2-1-3-13(8-12)23(20,21)19-10-4-5-11(19)9-18-7-6-10/h1-3,8,10-11,18H,4-7,9H2. The Morgan fingerprint density at radius 2 is 1.91 bits per heavy atom. The van der Waals surface area contributed by atoms with Gasteiger partial charge in [0.05, 0.1) is 4.90 Å². The van der Waals surface area contributed by atoms with E-state index in [0.717, 1.165) is 31.5 Å². The Labute approximate surface area is 132 Å². The predicted molar refractivity (Wildman–Crippen MR) is 76.4 cm³/mol. The Kier molecular flexibility index (Phi) is 4.28. The summed E-state index contributed by atoms with van der Waals surface area (Å²) in [5.74, 6) is -0.529. The fourth-order valence-corrected chi connectivity index (χ4v) is 5.22. The van der Waals surface area contributed by atoms with Crippen LogP contribution in [0.15, 0.2) is 29.2 Å². The lowest BCUT2D eigenvalue weighted by Gasteiger charge is -2.27. The van der Waals surface area contributed by atoms with Crippen molar-refractivity contribution in [3.63, 3.8) is 0 Å². The molecule has 2 atom stereocenters. The quantitative estimate of drug-likeness (QED) is 0.907. The van der Waals surface area contributed by atoms with Gasteiger partial charge in [-0.1, -0.05) is 6.07 Å². The lowest BCUT2D eigenvalue weighted by Crippen LogP contribution is -2.42. The van der Waals surface area contributed by atoms with Crippen molar-refractivity contribution in [2.75, 3.05) is 13.1 Å². The number of nitrogens with one attached hydrogen (secondary N) is 1. The van der Waals surface area contributed by atoms with Gasteiger partial charge in [-0.25, -0.2) is 8.42 Å². The molecule has 3 rings (SSSR count). The molecule has 1 aromatic rings. The van der Waals surface area contributed by atoms with Gasteiger partial charge in [0, 0.05) is 24.7 Å². The van der Waals surface area contributed by atoms with E-state index in [0.29, 0.717) is 13.0 Å². The Balaban J connectivity index is 1.92. The van der Waals surface area contributed by atoms with E-state index in [4.69, 9.17) is 0 Å². The van der Waals surface area contributed by atoms with Crippen LogP contribution in [-0.4, -0.2) is 44.3 Å². The van der Waals surface area contributed by atoms with Crippen molar-refractivity contribution in [1.29, 1.82) is 0 Å². The van der Waals surface area contributed by atoms with Gasteiger partial charge in [0.2, 0.25) is 10.0 Å². The number of alkyl halides is 3. The van der Waals surface area contributed by atoms with E-state index in [2.05, 4.69) is 10.1 Å². The van der Waals surface area contributed by atoms with Gasteiger partial charge in [0.15, 0.2) is 0 Å². The molecule has 2 bridgehead atoms. The van der Waals surface area contributed by atoms with Gasteiger partial charge < -0.3 is 10.1 Å². The highest BCUT2D eigenvalue weighted by Gasteiger charge is 2.43. The van der Waals surface area contributed by atoms with Crippen molar-refractivity contribution in [1.82, 2.24) is 9.62 Å². The van der Waals surface area contributed by atoms with Gasteiger partial charge in [-0.15, -0.1) is 13.2 Å². The summed E-state index contributed by atoms with van der Waals surface area (Å²) in [6, 6.07) is 4.32. The maximum atomic E-state index is 12.9. The molecule has 0 aliphatic carbocycles. The predicted octanol–water partition coefficient (Wildman–Crippen LogP) is 2.10. The summed E-state index contributed by atoms with van der Waals surface area (Å²) < 4.78 is 68.0. The minimum Gasteiger partial charge on any atom is -0.406 e. The minimum absolute atomic E-state index is 0.104. The summed E-state index contributed by atoms with van der Waals surface area (Å²) in [6.45, 7) is 1.30. The fourth-order valence-electron chi connectivity index (χ4n) is 3.28. The normalized spacial score (nSPS) is 26.0. The number of fused-ring (bicyclic) bond motifs is 2. The summed E-state index contributed by atoms with van der Waals surface area (Å²) in [5.41, 5.74) is 0. The number of benzene rings is 1. The molecular weight excluding hydrogens is 333 g/mol.